The lowest BCUT2D eigenvalue weighted by molar-refractivity contribution is -0.132. The molecule has 2 heterocycles. The summed E-state index contributed by atoms with van der Waals surface area (Å²) in [4.78, 5) is 27.0. The van der Waals surface area contributed by atoms with Gasteiger partial charge in [0.2, 0.25) is 11.8 Å². The third-order valence-corrected chi connectivity index (χ3v) is 8.02. The Morgan fingerprint density at radius 1 is 1.03 bits per heavy atom. The number of carbonyl (C=O) groups is 2. The number of amides is 2. The van der Waals surface area contributed by atoms with E-state index in [9.17, 15) is 9.59 Å². The maximum absolute atomic E-state index is 13.6. The monoisotopic (exact) mass is 477 g/mol. The maximum Gasteiger partial charge on any atom is 0.237 e. The number of rotatable bonds is 5. The Morgan fingerprint density at radius 3 is 2.46 bits per heavy atom. The fourth-order valence-electron chi connectivity index (χ4n) is 5.95. The van der Waals surface area contributed by atoms with Crippen LogP contribution >= 0.6 is 0 Å². The van der Waals surface area contributed by atoms with Gasteiger partial charge in [-0.15, -0.1) is 0 Å². The van der Waals surface area contributed by atoms with Gasteiger partial charge in [0.25, 0.3) is 0 Å². The lowest BCUT2D eigenvalue weighted by atomic mass is 9.76. The number of allylic oxidation sites excluding steroid dienone is 1. The molecule has 1 spiro atoms. The Morgan fingerprint density at radius 2 is 1.74 bits per heavy atom. The molecule has 2 fully saturated rings. The molecule has 5 rings (SSSR count). The maximum atomic E-state index is 13.6. The van der Waals surface area contributed by atoms with E-state index in [1.807, 2.05) is 12.1 Å². The predicted molar refractivity (Wildman–Crippen MR) is 135 cm³/mol. The smallest absolute Gasteiger partial charge is 0.237 e. The van der Waals surface area contributed by atoms with Crippen molar-refractivity contribution in [2.24, 2.45) is 11.8 Å². The van der Waals surface area contributed by atoms with Crippen molar-refractivity contribution in [2.45, 2.75) is 70.1 Å². The molecule has 1 aromatic carbocycles. The minimum absolute atomic E-state index is 0.00953. The highest BCUT2D eigenvalue weighted by molar-refractivity contribution is 6.11. The van der Waals surface area contributed by atoms with Crippen LogP contribution in [0.15, 0.2) is 35.1 Å². The van der Waals surface area contributed by atoms with Crippen LogP contribution in [0, 0.1) is 18.8 Å². The van der Waals surface area contributed by atoms with E-state index in [-0.39, 0.29) is 23.1 Å². The number of hydrogen-bond donors (Lipinski definition) is 2. The van der Waals surface area contributed by atoms with Crippen LogP contribution in [0.1, 0.15) is 74.6 Å². The number of anilines is 2. The van der Waals surface area contributed by atoms with Crippen molar-refractivity contribution in [3.05, 3.63) is 47.4 Å². The highest BCUT2D eigenvalue weighted by Crippen LogP contribution is 2.44. The van der Waals surface area contributed by atoms with Gasteiger partial charge in [-0.3, -0.25) is 9.59 Å². The minimum atomic E-state index is -0.770. The first-order chi connectivity index (χ1) is 17.1. The van der Waals surface area contributed by atoms with E-state index in [0.29, 0.717) is 11.4 Å². The molecule has 2 N–H and O–H groups in total. The summed E-state index contributed by atoms with van der Waals surface area (Å²) in [6.45, 7) is 3.31. The molecule has 1 aromatic heterocycles. The van der Waals surface area contributed by atoms with Crippen molar-refractivity contribution in [1.29, 1.82) is 0 Å². The normalized spacial score (nSPS) is 20.6. The number of fused-ring (bicyclic) bond motifs is 2. The number of nitrogens with zero attached hydrogens (tertiary/aromatic N) is 1. The number of aryl methyl sites for hydroxylation is 1. The highest BCUT2D eigenvalue weighted by atomic mass is 16.5. The van der Waals surface area contributed by atoms with Gasteiger partial charge in [-0.1, -0.05) is 55.5 Å². The molecule has 2 aromatic rings. The number of benzene rings is 1. The number of hydrogen-bond acceptors (Lipinski definition) is 5. The van der Waals surface area contributed by atoms with Gasteiger partial charge in [0.1, 0.15) is 23.6 Å². The first kappa shape index (κ1) is 23.8. The van der Waals surface area contributed by atoms with Crippen LogP contribution in [0.2, 0.25) is 0 Å². The zero-order valence-corrected chi connectivity index (χ0v) is 20.5. The minimum Gasteiger partial charge on any atom is -0.381 e. The summed E-state index contributed by atoms with van der Waals surface area (Å²) in [6.07, 6.45) is 15.2. The third kappa shape index (κ3) is 5.06. The van der Waals surface area contributed by atoms with Gasteiger partial charge in [-0.05, 0) is 61.8 Å². The molecular formula is C28H35N3O4. The zero-order chi connectivity index (χ0) is 24.3. The molecule has 2 aliphatic carbocycles. The second kappa shape index (κ2) is 10.4. The molecule has 35 heavy (non-hydrogen) atoms. The van der Waals surface area contributed by atoms with Gasteiger partial charge < -0.3 is 19.9 Å². The van der Waals surface area contributed by atoms with Crippen molar-refractivity contribution in [1.82, 2.24) is 5.16 Å². The summed E-state index contributed by atoms with van der Waals surface area (Å²) < 4.78 is 10.6. The van der Waals surface area contributed by atoms with E-state index in [0.717, 1.165) is 75.8 Å². The molecular weight excluding hydrogens is 442 g/mol. The summed E-state index contributed by atoms with van der Waals surface area (Å²) in [7, 11) is 0. The standard InChI is InChI=1S/C28H35N3O4/c1-19-24(18-35-31-19)30-27(33)25(20-7-5-3-2-4-6-8-20)26(32)29-22-9-10-23-21(17-22)11-12-28(23)13-15-34-16-14-28/h9-12,17-18,20,25H,2-8,13-16H2,1H3,(H,29,32)(H,30,33). The summed E-state index contributed by atoms with van der Waals surface area (Å²) >= 11 is 0. The first-order valence-corrected chi connectivity index (χ1v) is 13.0. The van der Waals surface area contributed by atoms with Crippen molar-refractivity contribution >= 4 is 29.3 Å². The summed E-state index contributed by atoms with van der Waals surface area (Å²) in [5.41, 5.74) is 4.33. The van der Waals surface area contributed by atoms with Crippen molar-refractivity contribution in [2.75, 3.05) is 23.8 Å². The predicted octanol–water partition coefficient (Wildman–Crippen LogP) is 5.61. The Labute approximate surface area is 206 Å². The second-order valence-corrected chi connectivity index (χ2v) is 10.3. The van der Waals surface area contributed by atoms with E-state index in [1.165, 1.54) is 18.2 Å². The van der Waals surface area contributed by atoms with Gasteiger partial charge in [0, 0.05) is 24.3 Å². The Balaban J connectivity index is 1.35. The molecule has 0 radical (unpaired) electrons. The summed E-state index contributed by atoms with van der Waals surface area (Å²) in [6, 6.07) is 6.13. The topological polar surface area (TPSA) is 93.5 Å². The van der Waals surface area contributed by atoms with E-state index in [2.05, 4.69) is 34.0 Å². The molecule has 1 saturated heterocycles. The van der Waals surface area contributed by atoms with Crippen molar-refractivity contribution < 1.29 is 18.8 Å². The number of ether oxygens (including phenoxy) is 1. The zero-order valence-electron chi connectivity index (χ0n) is 20.5. The van der Waals surface area contributed by atoms with Gasteiger partial charge in [-0.2, -0.15) is 0 Å². The van der Waals surface area contributed by atoms with E-state index in [4.69, 9.17) is 9.26 Å². The highest BCUT2D eigenvalue weighted by Gasteiger charge is 2.38. The number of aromatic nitrogens is 1. The SMILES string of the molecule is Cc1nocc1NC(=O)C(C(=O)Nc1ccc2c(c1)C=CC21CCOCC1)C1CCCCCCC1. The van der Waals surface area contributed by atoms with Crippen molar-refractivity contribution in [3.63, 3.8) is 0 Å². The van der Waals surface area contributed by atoms with Gasteiger partial charge in [-0.25, -0.2) is 0 Å². The quantitative estimate of drug-likeness (QED) is 0.546. The molecule has 3 aliphatic rings. The van der Waals surface area contributed by atoms with Crippen LogP contribution in [0.25, 0.3) is 6.08 Å². The molecule has 1 aliphatic heterocycles. The van der Waals surface area contributed by atoms with Crippen LogP contribution in [-0.4, -0.2) is 30.2 Å². The number of nitrogens with one attached hydrogen (secondary N) is 2. The van der Waals surface area contributed by atoms with Gasteiger partial charge in [0.15, 0.2) is 0 Å². The summed E-state index contributed by atoms with van der Waals surface area (Å²) in [5, 5.41) is 9.81. The largest absolute Gasteiger partial charge is 0.381 e. The average Bonchev–Trinajstić information content (AvgIpc) is 3.39. The third-order valence-electron chi connectivity index (χ3n) is 8.02. The lowest BCUT2D eigenvalue weighted by Gasteiger charge is -2.33. The average molecular weight is 478 g/mol. The van der Waals surface area contributed by atoms with Crippen LogP contribution in [0.4, 0.5) is 11.4 Å². The molecule has 0 bridgehead atoms. The molecule has 1 unspecified atom stereocenters. The van der Waals surface area contributed by atoms with Crippen LogP contribution in [0.5, 0.6) is 0 Å². The Kier molecular flexibility index (Phi) is 7.04. The van der Waals surface area contributed by atoms with Crippen molar-refractivity contribution in [3.8, 4) is 0 Å². The molecule has 1 atom stereocenters. The summed E-state index contributed by atoms with van der Waals surface area (Å²) in [5.74, 6) is -1.30. The van der Waals surface area contributed by atoms with Crippen LogP contribution < -0.4 is 10.6 Å². The van der Waals surface area contributed by atoms with Gasteiger partial charge in [0.05, 0.1) is 0 Å². The molecule has 7 heteroatoms. The Bertz CT molecular complexity index is 1090. The molecule has 7 nitrogen and oxygen atoms in total. The van der Waals surface area contributed by atoms with Crippen LogP contribution in [0.3, 0.4) is 0 Å². The fraction of sp³-hybridized carbons (Fsp3) is 0.536. The first-order valence-electron chi connectivity index (χ1n) is 13.0. The fourth-order valence-corrected chi connectivity index (χ4v) is 5.95. The Hall–Kier alpha value is -2.93. The molecule has 2 amide bonds. The lowest BCUT2D eigenvalue weighted by Crippen LogP contribution is -2.39. The van der Waals surface area contributed by atoms with E-state index >= 15 is 0 Å². The molecule has 1 saturated carbocycles. The second-order valence-electron chi connectivity index (χ2n) is 10.3. The van der Waals surface area contributed by atoms with E-state index in [1.54, 1.807) is 6.92 Å². The van der Waals surface area contributed by atoms with E-state index < -0.39 is 5.92 Å². The number of carbonyl (C=O) groups excluding carboxylic acids is 2. The molecule has 186 valence electrons. The van der Waals surface area contributed by atoms with Crippen LogP contribution in [-0.2, 0) is 19.7 Å². The van der Waals surface area contributed by atoms with Gasteiger partial charge >= 0.3 is 0 Å².